The zero-order chi connectivity index (χ0) is 28.9. The maximum Gasteiger partial charge on any atom is 0.323 e. The predicted molar refractivity (Wildman–Crippen MR) is 152 cm³/mol. The molecule has 0 saturated carbocycles. The summed E-state index contributed by atoms with van der Waals surface area (Å²) in [6.07, 6.45) is 3.29. The van der Waals surface area contributed by atoms with E-state index < -0.39 is 34.5 Å². The van der Waals surface area contributed by atoms with Gasteiger partial charge in [0.05, 0.1) is 16.1 Å². The number of aromatic nitrogens is 3. The van der Waals surface area contributed by atoms with Crippen molar-refractivity contribution < 1.29 is 23.1 Å². The largest absolute Gasteiger partial charge is 0.480 e. The molecule has 1 amide bonds. The molecule has 40 heavy (non-hydrogen) atoms. The number of pyridine rings is 1. The van der Waals surface area contributed by atoms with Crippen molar-refractivity contribution in [2.75, 3.05) is 18.4 Å². The number of hydrogen-bond donors (Lipinski definition) is 4. The zero-order valence-electron chi connectivity index (χ0n) is 22.5. The van der Waals surface area contributed by atoms with Gasteiger partial charge in [-0.2, -0.15) is 9.82 Å². The topological polar surface area (TPSA) is 155 Å². The Labute approximate surface area is 232 Å². The van der Waals surface area contributed by atoms with Gasteiger partial charge in [-0.3, -0.25) is 14.3 Å². The number of sulfonamides is 1. The number of amides is 1. The zero-order valence-corrected chi connectivity index (χ0v) is 23.3. The van der Waals surface area contributed by atoms with E-state index in [1.807, 2.05) is 24.3 Å². The molecular formula is C28H32N6O5S. The quantitative estimate of drug-likeness (QED) is 0.192. The molecule has 12 heteroatoms. The molecule has 0 aliphatic heterocycles. The van der Waals surface area contributed by atoms with Crippen LogP contribution in [-0.2, 0) is 28.3 Å². The van der Waals surface area contributed by atoms with E-state index in [1.54, 1.807) is 62.1 Å². The van der Waals surface area contributed by atoms with Gasteiger partial charge in [-0.1, -0.05) is 30.3 Å². The predicted octanol–water partition coefficient (Wildman–Crippen LogP) is 2.79. The number of carboxylic acids is 1. The van der Waals surface area contributed by atoms with Gasteiger partial charge in [0.2, 0.25) is 10.0 Å². The van der Waals surface area contributed by atoms with E-state index >= 15 is 0 Å². The van der Waals surface area contributed by atoms with Crippen molar-refractivity contribution in [1.29, 1.82) is 0 Å². The number of carbonyl (C=O) groups excluding carboxylic acids is 1. The molecule has 11 nitrogen and oxygen atoms in total. The molecule has 0 bridgehead atoms. The van der Waals surface area contributed by atoms with Gasteiger partial charge >= 0.3 is 5.97 Å². The number of fused-ring (bicyclic) bond motifs is 1. The lowest BCUT2D eigenvalue weighted by atomic mass is 10.1. The van der Waals surface area contributed by atoms with Crippen molar-refractivity contribution in [2.45, 2.75) is 37.6 Å². The van der Waals surface area contributed by atoms with Crippen LogP contribution in [-0.4, -0.2) is 59.3 Å². The molecule has 4 aromatic rings. The Hall–Kier alpha value is -4.29. The number of rotatable bonds is 12. The van der Waals surface area contributed by atoms with Crippen LogP contribution in [0.2, 0.25) is 0 Å². The molecule has 0 aliphatic carbocycles. The van der Waals surface area contributed by atoms with E-state index in [2.05, 4.69) is 25.4 Å². The fourth-order valence-corrected chi connectivity index (χ4v) is 6.20. The van der Waals surface area contributed by atoms with Crippen LogP contribution in [0.4, 0.5) is 5.82 Å². The first kappa shape index (κ1) is 28.7. The van der Waals surface area contributed by atoms with E-state index in [0.717, 1.165) is 41.8 Å². The summed E-state index contributed by atoms with van der Waals surface area (Å²) in [5, 5.41) is 21.0. The standard InChI is InChI=1S/C28H32N6O5S/c1-18-8-6-9-19(2)26(18)40(38,39)33-23(28(36)37)17-31-27(35)20-12-13-21-22(32-34(3)24(21)16-20)10-7-15-30-25-11-4-5-14-29-25/h4-6,8-9,11-14,16,23,33H,7,10,15,17H2,1-3H3,(H,29,30)(H,31,35)(H,36,37). The Balaban J connectivity index is 1.40. The highest BCUT2D eigenvalue weighted by atomic mass is 32.2. The fourth-order valence-electron chi connectivity index (χ4n) is 4.54. The van der Waals surface area contributed by atoms with Crippen LogP contribution in [0.1, 0.15) is 33.6 Å². The number of benzene rings is 2. The third-order valence-corrected chi connectivity index (χ3v) is 8.27. The summed E-state index contributed by atoms with van der Waals surface area (Å²) >= 11 is 0. The normalized spacial score (nSPS) is 12.3. The molecule has 2 heterocycles. The lowest BCUT2D eigenvalue weighted by molar-refractivity contribution is -0.138. The third kappa shape index (κ3) is 6.64. The fraction of sp³-hybridized carbons (Fsp3) is 0.286. The Kier molecular flexibility index (Phi) is 8.80. The van der Waals surface area contributed by atoms with Crippen LogP contribution >= 0.6 is 0 Å². The summed E-state index contributed by atoms with van der Waals surface area (Å²) in [6, 6.07) is 14.3. The van der Waals surface area contributed by atoms with Crippen molar-refractivity contribution >= 4 is 38.6 Å². The number of carboxylic acid groups (broad SMARTS) is 1. The highest BCUT2D eigenvalue weighted by Crippen LogP contribution is 2.22. The summed E-state index contributed by atoms with van der Waals surface area (Å²) in [7, 11) is -2.34. The maximum atomic E-state index is 13.0. The van der Waals surface area contributed by atoms with E-state index in [0.29, 0.717) is 16.7 Å². The monoisotopic (exact) mass is 564 g/mol. The number of nitrogens with one attached hydrogen (secondary N) is 3. The molecule has 2 aromatic heterocycles. The Morgan fingerprint density at radius 2 is 1.80 bits per heavy atom. The molecule has 4 rings (SSSR count). The number of hydrogen-bond acceptors (Lipinski definition) is 7. The number of carbonyl (C=O) groups is 2. The third-order valence-electron chi connectivity index (χ3n) is 6.49. The van der Waals surface area contributed by atoms with Crippen LogP contribution < -0.4 is 15.4 Å². The molecule has 2 aromatic carbocycles. The molecule has 0 spiro atoms. The summed E-state index contributed by atoms with van der Waals surface area (Å²) in [5.41, 5.74) is 2.95. The maximum absolute atomic E-state index is 13.0. The molecule has 4 N–H and O–H groups in total. The first-order chi connectivity index (χ1) is 19.1. The van der Waals surface area contributed by atoms with E-state index in [9.17, 15) is 23.1 Å². The van der Waals surface area contributed by atoms with Crippen molar-refractivity contribution in [3.05, 3.63) is 83.2 Å². The molecular weight excluding hydrogens is 532 g/mol. The van der Waals surface area contributed by atoms with Crippen LogP contribution in [0, 0.1) is 13.8 Å². The number of aryl methyl sites for hydroxylation is 4. The summed E-state index contributed by atoms with van der Waals surface area (Å²) in [4.78, 5) is 29.0. The number of anilines is 1. The molecule has 0 saturated heterocycles. The number of aliphatic carboxylic acids is 1. The first-order valence-electron chi connectivity index (χ1n) is 12.8. The summed E-state index contributed by atoms with van der Waals surface area (Å²) < 4.78 is 29.8. The van der Waals surface area contributed by atoms with Crippen molar-refractivity contribution in [3.8, 4) is 0 Å². The second kappa shape index (κ2) is 12.3. The van der Waals surface area contributed by atoms with E-state index in [1.165, 1.54) is 0 Å². The van der Waals surface area contributed by atoms with Gasteiger partial charge in [-0.25, -0.2) is 13.4 Å². The van der Waals surface area contributed by atoms with Crippen LogP contribution in [0.15, 0.2) is 65.7 Å². The second-order valence-corrected chi connectivity index (χ2v) is 11.1. The van der Waals surface area contributed by atoms with Gasteiger partial charge < -0.3 is 15.7 Å². The molecule has 1 unspecified atom stereocenters. The highest BCUT2D eigenvalue weighted by Gasteiger charge is 2.28. The minimum Gasteiger partial charge on any atom is -0.480 e. The van der Waals surface area contributed by atoms with Gasteiger partial charge in [-0.05, 0) is 62.1 Å². The van der Waals surface area contributed by atoms with E-state index in [4.69, 9.17) is 0 Å². The van der Waals surface area contributed by atoms with Gasteiger partial charge in [0, 0.05) is 37.3 Å². The molecule has 0 aliphatic rings. The molecule has 1 atom stereocenters. The van der Waals surface area contributed by atoms with Crippen molar-refractivity contribution in [2.24, 2.45) is 7.05 Å². The van der Waals surface area contributed by atoms with Gasteiger partial charge in [-0.15, -0.1) is 0 Å². The second-order valence-electron chi connectivity index (χ2n) is 9.49. The highest BCUT2D eigenvalue weighted by molar-refractivity contribution is 7.89. The number of nitrogens with zero attached hydrogens (tertiary/aromatic N) is 3. The van der Waals surface area contributed by atoms with E-state index in [-0.39, 0.29) is 4.90 Å². The Morgan fingerprint density at radius 3 is 2.48 bits per heavy atom. The van der Waals surface area contributed by atoms with Crippen LogP contribution in [0.5, 0.6) is 0 Å². The van der Waals surface area contributed by atoms with Gasteiger partial charge in [0.25, 0.3) is 5.91 Å². The lowest BCUT2D eigenvalue weighted by Crippen LogP contribution is -2.48. The van der Waals surface area contributed by atoms with Crippen LogP contribution in [0.25, 0.3) is 10.9 Å². The van der Waals surface area contributed by atoms with Crippen LogP contribution in [0.3, 0.4) is 0 Å². The Bertz CT molecular complexity index is 1620. The summed E-state index contributed by atoms with van der Waals surface area (Å²) in [6.45, 7) is 3.57. The minimum atomic E-state index is -4.14. The smallest absolute Gasteiger partial charge is 0.323 e. The first-order valence-corrected chi connectivity index (χ1v) is 14.2. The average molecular weight is 565 g/mol. The van der Waals surface area contributed by atoms with Crippen molar-refractivity contribution in [3.63, 3.8) is 0 Å². The molecule has 210 valence electrons. The molecule has 0 radical (unpaired) electrons. The Morgan fingerprint density at radius 1 is 1.05 bits per heavy atom. The average Bonchev–Trinajstić information content (AvgIpc) is 3.23. The summed E-state index contributed by atoms with van der Waals surface area (Å²) in [5.74, 6) is -1.12. The lowest BCUT2D eigenvalue weighted by Gasteiger charge is -2.18. The minimum absolute atomic E-state index is 0.0255. The van der Waals surface area contributed by atoms with Gasteiger partial charge in [0.1, 0.15) is 11.9 Å². The van der Waals surface area contributed by atoms with Crippen molar-refractivity contribution in [1.82, 2.24) is 24.8 Å². The van der Waals surface area contributed by atoms with Gasteiger partial charge in [0.15, 0.2) is 0 Å². The molecule has 0 fully saturated rings. The SMILES string of the molecule is Cc1cccc(C)c1S(=O)(=O)NC(CNC(=O)c1ccc2c(CCCNc3ccccn3)nn(C)c2c1)C(=O)O.